The lowest BCUT2D eigenvalue weighted by Crippen LogP contribution is -2.14. The highest BCUT2D eigenvalue weighted by atomic mass is 19.4. The van der Waals surface area contributed by atoms with Gasteiger partial charge >= 0.3 is 12.4 Å². The number of aromatic amines is 1. The molecule has 0 spiro atoms. The molecular weight excluding hydrogens is 426 g/mol. The van der Waals surface area contributed by atoms with E-state index in [-0.39, 0.29) is 16.9 Å². The third-order valence-electron chi connectivity index (χ3n) is 4.66. The third kappa shape index (κ3) is 3.78. The summed E-state index contributed by atoms with van der Waals surface area (Å²) in [5, 5.41) is 4.13. The molecule has 0 radical (unpaired) electrons. The summed E-state index contributed by atoms with van der Waals surface area (Å²) >= 11 is 0. The molecule has 4 rings (SSSR count). The fraction of sp³-hybridized carbons (Fsp3) is 0.150. The van der Waals surface area contributed by atoms with E-state index in [1.807, 2.05) is 0 Å². The molecule has 5 nitrogen and oxygen atoms in total. The minimum absolute atomic E-state index is 0.187. The SMILES string of the molecule is Cc1nn2c(=O)cc(-c3ccc(C(F)(F)F)nc3)[nH]c2c1-c1ccc(C(F)(F)F)cc1. The van der Waals surface area contributed by atoms with Gasteiger partial charge in [-0.1, -0.05) is 12.1 Å². The lowest BCUT2D eigenvalue weighted by Gasteiger charge is -2.09. The highest BCUT2D eigenvalue weighted by molar-refractivity contribution is 5.81. The van der Waals surface area contributed by atoms with E-state index >= 15 is 0 Å². The molecule has 0 amide bonds. The van der Waals surface area contributed by atoms with E-state index in [4.69, 9.17) is 0 Å². The highest BCUT2D eigenvalue weighted by Crippen LogP contribution is 2.33. The molecule has 0 aliphatic rings. The predicted molar refractivity (Wildman–Crippen MR) is 99.2 cm³/mol. The number of hydrogen-bond donors (Lipinski definition) is 1. The lowest BCUT2D eigenvalue weighted by molar-refractivity contribution is -0.141. The Bertz CT molecular complexity index is 1320. The summed E-state index contributed by atoms with van der Waals surface area (Å²) < 4.78 is 77.8. The van der Waals surface area contributed by atoms with Crippen molar-refractivity contribution in [2.45, 2.75) is 19.3 Å². The van der Waals surface area contributed by atoms with E-state index in [1.54, 1.807) is 6.92 Å². The largest absolute Gasteiger partial charge is 0.433 e. The Balaban J connectivity index is 1.84. The zero-order chi connectivity index (χ0) is 22.6. The van der Waals surface area contributed by atoms with Gasteiger partial charge in [0.1, 0.15) is 11.3 Å². The standard InChI is InChI=1S/C20H12F6N4O/c1-10-17(11-2-5-13(6-3-11)19(21,22)23)18-28-14(8-16(31)30(18)29-10)12-4-7-15(27-9-12)20(24,25)26/h2-9,28H,1H3. The van der Waals surface area contributed by atoms with Gasteiger partial charge in [-0.05, 0) is 36.8 Å². The molecule has 11 heteroatoms. The quantitative estimate of drug-likeness (QED) is 0.443. The summed E-state index contributed by atoms with van der Waals surface area (Å²) in [6.45, 7) is 1.59. The second-order valence-electron chi connectivity index (χ2n) is 6.75. The number of aromatic nitrogens is 4. The van der Waals surface area contributed by atoms with Crippen molar-refractivity contribution in [3.05, 3.63) is 76.0 Å². The first-order valence-electron chi connectivity index (χ1n) is 8.79. The van der Waals surface area contributed by atoms with Crippen LogP contribution in [0, 0.1) is 6.92 Å². The Morgan fingerprint density at radius 2 is 1.55 bits per heavy atom. The molecule has 0 fully saturated rings. The zero-order valence-electron chi connectivity index (χ0n) is 15.6. The van der Waals surface area contributed by atoms with Crippen LogP contribution in [0.1, 0.15) is 17.0 Å². The minimum atomic E-state index is -4.60. The number of nitrogens with zero attached hydrogens (tertiary/aromatic N) is 3. The lowest BCUT2D eigenvalue weighted by atomic mass is 10.0. The number of rotatable bonds is 2. The van der Waals surface area contributed by atoms with Gasteiger partial charge in [-0.2, -0.15) is 36.0 Å². The summed E-state index contributed by atoms with van der Waals surface area (Å²) in [7, 11) is 0. The van der Waals surface area contributed by atoms with Crippen LogP contribution in [0.15, 0.2) is 53.5 Å². The fourth-order valence-corrected chi connectivity index (χ4v) is 3.20. The number of pyridine rings is 1. The first-order chi connectivity index (χ1) is 14.4. The van der Waals surface area contributed by atoms with Crippen LogP contribution in [0.4, 0.5) is 26.3 Å². The van der Waals surface area contributed by atoms with Crippen molar-refractivity contribution >= 4 is 5.65 Å². The molecule has 0 atom stereocenters. The molecule has 31 heavy (non-hydrogen) atoms. The molecule has 0 unspecified atom stereocenters. The van der Waals surface area contributed by atoms with Crippen molar-refractivity contribution in [1.29, 1.82) is 0 Å². The number of H-pyrrole nitrogens is 1. The van der Waals surface area contributed by atoms with Gasteiger partial charge in [0.2, 0.25) is 0 Å². The molecular formula is C20H12F6N4O. The fourth-order valence-electron chi connectivity index (χ4n) is 3.20. The van der Waals surface area contributed by atoms with Gasteiger partial charge in [0.05, 0.1) is 17.0 Å². The van der Waals surface area contributed by atoms with Gasteiger partial charge in [-0.25, -0.2) is 0 Å². The van der Waals surface area contributed by atoms with Crippen molar-refractivity contribution in [2.75, 3.05) is 0 Å². The summed E-state index contributed by atoms with van der Waals surface area (Å²) in [6, 6.07) is 7.46. The zero-order valence-corrected chi connectivity index (χ0v) is 15.6. The molecule has 0 saturated carbocycles. The predicted octanol–water partition coefficient (Wildman–Crippen LogP) is 5.10. The molecule has 160 valence electrons. The van der Waals surface area contributed by atoms with Gasteiger partial charge in [0, 0.05) is 23.4 Å². The number of nitrogens with one attached hydrogen (secondary N) is 1. The number of fused-ring (bicyclic) bond motifs is 1. The topological polar surface area (TPSA) is 63.1 Å². The average molecular weight is 438 g/mol. The molecule has 0 aliphatic carbocycles. The van der Waals surface area contributed by atoms with E-state index < -0.39 is 29.2 Å². The van der Waals surface area contributed by atoms with E-state index in [0.717, 1.165) is 35.0 Å². The number of aryl methyl sites for hydroxylation is 1. The summed E-state index contributed by atoms with van der Waals surface area (Å²) in [5.74, 6) is 0. The Hall–Kier alpha value is -3.63. The summed E-state index contributed by atoms with van der Waals surface area (Å²) in [5.41, 5.74) is -0.691. The van der Waals surface area contributed by atoms with Crippen LogP contribution < -0.4 is 5.56 Å². The highest BCUT2D eigenvalue weighted by Gasteiger charge is 2.32. The van der Waals surface area contributed by atoms with Crippen LogP contribution in [-0.2, 0) is 12.4 Å². The maximum atomic E-state index is 12.8. The van der Waals surface area contributed by atoms with Crippen LogP contribution in [0.3, 0.4) is 0 Å². The van der Waals surface area contributed by atoms with Crippen LogP contribution in [0.5, 0.6) is 0 Å². The molecule has 1 aromatic carbocycles. The molecule has 0 saturated heterocycles. The summed E-state index contributed by atoms with van der Waals surface area (Å²) in [6.07, 6.45) is -8.12. The second kappa shape index (κ2) is 6.96. The van der Waals surface area contributed by atoms with Gasteiger partial charge in [0.25, 0.3) is 5.56 Å². The van der Waals surface area contributed by atoms with Gasteiger partial charge in [-0.15, -0.1) is 0 Å². The van der Waals surface area contributed by atoms with Crippen LogP contribution in [-0.4, -0.2) is 19.6 Å². The van der Waals surface area contributed by atoms with Crippen molar-refractivity contribution in [1.82, 2.24) is 19.6 Å². The Labute approximate surface area is 170 Å². The van der Waals surface area contributed by atoms with Crippen molar-refractivity contribution in [3.63, 3.8) is 0 Å². The second-order valence-corrected chi connectivity index (χ2v) is 6.75. The van der Waals surface area contributed by atoms with Gasteiger partial charge < -0.3 is 4.98 Å². The number of alkyl halides is 6. The van der Waals surface area contributed by atoms with Gasteiger partial charge in [-0.3, -0.25) is 9.78 Å². The van der Waals surface area contributed by atoms with E-state index in [9.17, 15) is 31.1 Å². The number of halogens is 6. The van der Waals surface area contributed by atoms with Crippen molar-refractivity contribution in [2.24, 2.45) is 0 Å². The Morgan fingerprint density at radius 3 is 2.10 bits per heavy atom. The number of hydrogen-bond acceptors (Lipinski definition) is 3. The average Bonchev–Trinajstić information content (AvgIpc) is 3.03. The molecule has 1 N–H and O–H groups in total. The van der Waals surface area contributed by atoms with Crippen molar-refractivity contribution < 1.29 is 26.3 Å². The van der Waals surface area contributed by atoms with E-state index in [2.05, 4.69) is 15.1 Å². The minimum Gasteiger partial charge on any atom is -0.339 e. The molecule has 4 aromatic rings. The number of benzene rings is 1. The van der Waals surface area contributed by atoms with Crippen molar-refractivity contribution in [3.8, 4) is 22.4 Å². The van der Waals surface area contributed by atoms with Crippen LogP contribution >= 0.6 is 0 Å². The normalized spacial score (nSPS) is 12.5. The molecule has 3 aromatic heterocycles. The molecule has 0 bridgehead atoms. The Morgan fingerprint density at radius 1 is 0.903 bits per heavy atom. The van der Waals surface area contributed by atoms with Crippen LogP contribution in [0.25, 0.3) is 28.0 Å². The first-order valence-corrected chi connectivity index (χ1v) is 8.79. The smallest absolute Gasteiger partial charge is 0.339 e. The van der Waals surface area contributed by atoms with E-state index in [1.165, 1.54) is 18.2 Å². The van der Waals surface area contributed by atoms with Gasteiger partial charge in [0.15, 0.2) is 0 Å². The van der Waals surface area contributed by atoms with Crippen LogP contribution in [0.2, 0.25) is 0 Å². The van der Waals surface area contributed by atoms with E-state index in [0.29, 0.717) is 16.8 Å². The monoisotopic (exact) mass is 438 g/mol. The maximum Gasteiger partial charge on any atom is 0.433 e. The third-order valence-corrected chi connectivity index (χ3v) is 4.66. The maximum absolute atomic E-state index is 12.8. The molecule has 0 aliphatic heterocycles. The Kier molecular flexibility index (Phi) is 4.64. The summed E-state index contributed by atoms with van der Waals surface area (Å²) in [4.78, 5) is 18.8. The first kappa shape index (κ1) is 20.6. The molecule has 3 heterocycles.